The molecular weight excluding hydrogens is 337 g/mol. The molecule has 22 heavy (non-hydrogen) atoms. The first-order valence-corrected chi connectivity index (χ1v) is 7.83. The van der Waals surface area contributed by atoms with Crippen LogP contribution in [0.4, 0.5) is 19.0 Å². The highest BCUT2D eigenvalue weighted by molar-refractivity contribution is 8.01. The lowest BCUT2D eigenvalue weighted by molar-refractivity contribution is -0.137. The number of anilines is 1. The van der Waals surface area contributed by atoms with Crippen LogP contribution in [0.2, 0.25) is 5.02 Å². The van der Waals surface area contributed by atoms with Crippen LogP contribution in [0.5, 0.6) is 0 Å². The number of nitrogens with zero attached hydrogens (tertiary/aromatic N) is 1. The van der Waals surface area contributed by atoms with Gasteiger partial charge in [-0.2, -0.15) is 13.2 Å². The predicted molar refractivity (Wildman–Crippen MR) is 84.6 cm³/mol. The molecule has 124 valence electrons. The smallest absolute Gasteiger partial charge is 0.367 e. The average molecular weight is 355 g/mol. The van der Waals surface area contributed by atoms with E-state index in [-0.39, 0.29) is 26.6 Å². The summed E-state index contributed by atoms with van der Waals surface area (Å²) >= 11 is 7.31. The zero-order chi connectivity index (χ0) is 17.1. The fraction of sp³-hybridized carbons (Fsp3) is 0.571. The molecule has 0 amide bonds. The third-order valence-corrected chi connectivity index (χ3v) is 4.67. The molecule has 0 aromatic carbocycles. The minimum Gasteiger partial charge on any atom is -0.367 e. The lowest BCUT2D eigenvalue weighted by atomic mass is 10.2. The minimum atomic E-state index is -4.47. The maximum atomic E-state index is 12.5. The van der Waals surface area contributed by atoms with Crippen molar-refractivity contribution < 1.29 is 18.0 Å². The van der Waals surface area contributed by atoms with E-state index >= 15 is 0 Å². The number of hydrogen-bond acceptors (Lipinski definition) is 4. The van der Waals surface area contributed by atoms with Gasteiger partial charge in [0.1, 0.15) is 11.6 Å². The lowest BCUT2D eigenvalue weighted by Gasteiger charge is -2.27. The molecule has 0 spiro atoms. The molecule has 0 aliphatic carbocycles. The molecule has 0 saturated heterocycles. The Morgan fingerprint density at radius 1 is 1.45 bits per heavy atom. The number of nitrogens with one attached hydrogen (secondary N) is 1. The molecule has 1 rings (SSSR count). The zero-order valence-electron chi connectivity index (χ0n) is 12.7. The normalized spacial score (nSPS) is 13.8. The lowest BCUT2D eigenvalue weighted by Crippen LogP contribution is -2.30. The van der Waals surface area contributed by atoms with Crippen LogP contribution in [-0.2, 0) is 11.0 Å². The van der Waals surface area contributed by atoms with E-state index in [9.17, 15) is 18.0 Å². The van der Waals surface area contributed by atoms with E-state index in [1.165, 1.54) is 18.7 Å². The van der Waals surface area contributed by atoms with E-state index in [1.807, 2.05) is 20.8 Å². The second-order valence-corrected chi connectivity index (χ2v) is 7.99. The molecule has 0 fully saturated rings. The van der Waals surface area contributed by atoms with Gasteiger partial charge in [0.05, 0.1) is 15.8 Å². The van der Waals surface area contributed by atoms with E-state index in [4.69, 9.17) is 11.6 Å². The van der Waals surface area contributed by atoms with Crippen LogP contribution >= 0.6 is 23.4 Å². The molecule has 1 aromatic heterocycles. The Balaban J connectivity index is 2.74. The van der Waals surface area contributed by atoms with Gasteiger partial charge in [0.25, 0.3) is 0 Å². The molecule has 0 aliphatic rings. The minimum absolute atomic E-state index is 0.0729. The summed E-state index contributed by atoms with van der Waals surface area (Å²) in [6, 6.07) is 0.842. The van der Waals surface area contributed by atoms with Crippen molar-refractivity contribution in [1.82, 2.24) is 4.98 Å². The molecule has 1 aromatic rings. The van der Waals surface area contributed by atoms with Gasteiger partial charge < -0.3 is 5.32 Å². The number of Topliss-reactive ketones (excluding diaryl/α,β-unsaturated/α-hetero) is 1. The first-order chi connectivity index (χ1) is 9.92. The molecule has 3 nitrogen and oxygen atoms in total. The third kappa shape index (κ3) is 5.68. The highest BCUT2D eigenvalue weighted by Gasteiger charge is 2.32. The number of halogens is 4. The maximum absolute atomic E-state index is 12.5. The third-order valence-electron chi connectivity index (χ3n) is 2.92. The van der Waals surface area contributed by atoms with Crippen LogP contribution in [0.3, 0.4) is 0 Å². The van der Waals surface area contributed by atoms with E-state index in [2.05, 4.69) is 10.3 Å². The summed E-state index contributed by atoms with van der Waals surface area (Å²) in [5, 5.41) is 2.69. The Morgan fingerprint density at radius 3 is 2.50 bits per heavy atom. The highest BCUT2D eigenvalue weighted by atomic mass is 35.5. The van der Waals surface area contributed by atoms with Crippen molar-refractivity contribution in [2.75, 3.05) is 11.9 Å². The van der Waals surface area contributed by atoms with Gasteiger partial charge in [-0.15, -0.1) is 11.8 Å². The van der Waals surface area contributed by atoms with Crippen LogP contribution < -0.4 is 5.32 Å². The van der Waals surface area contributed by atoms with E-state index < -0.39 is 11.7 Å². The largest absolute Gasteiger partial charge is 0.417 e. The topological polar surface area (TPSA) is 42.0 Å². The molecule has 0 radical (unpaired) electrons. The number of hydrogen-bond donors (Lipinski definition) is 1. The zero-order valence-corrected chi connectivity index (χ0v) is 14.3. The monoisotopic (exact) mass is 354 g/mol. The van der Waals surface area contributed by atoms with Gasteiger partial charge in [0, 0.05) is 17.5 Å². The quantitative estimate of drug-likeness (QED) is 0.807. The molecule has 0 bridgehead atoms. The SMILES string of the molecule is CC(=O)[C@H](C)SC(C)(C)CNc1ncc(C(F)(F)F)cc1Cl. The Labute approximate surface area is 137 Å². The summed E-state index contributed by atoms with van der Waals surface area (Å²) in [7, 11) is 0. The fourth-order valence-electron chi connectivity index (χ4n) is 1.62. The number of carbonyl (C=O) groups is 1. The summed E-state index contributed by atoms with van der Waals surface area (Å²) in [4.78, 5) is 15.0. The second kappa shape index (κ2) is 7.08. The molecule has 0 unspecified atom stereocenters. The molecule has 1 N–H and O–H groups in total. The molecular formula is C14H18ClF3N2OS. The van der Waals surface area contributed by atoms with Gasteiger partial charge in [-0.05, 0) is 33.8 Å². The average Bonchev–Trinajstić information content (AvgIpc) is 2.35. The number of pyridine rings is 1. The highest BCUT2D eigenvalue weighted by Crippen LogP contribution is 2.33. The Morgan fingerprint density at radius 2 is 2.05 bits per heavy atom. The van der Waals surface area contributed by atoms with Crippen LogP contribution in [0.1, 0.15) is 33.3 Å². The van der Waals surface area contributed by atoms with Gasteiger partial charge in [-0.1, -0.05) is 11.6 Å². The fourth-order valence-corrected chi connectivity index (χ4v) is 3.13. The van der Waals surface area contributed by atoms with Crippen molar-refractivity contribution in [1.29, 1.82) is 0 Å². The van der Waals surface area contributed by atoms with Crippen molar-refractivity contribution in [2.45, 2.75) is 43.9 Å². The van der Waals surface area contributed by atoms with Gasteiger partial charge >= 0.3 is 6.18 Å². The number of thioether (sulfide) groups is 1. The van der Waals surface area contributed by atoms with Crippen LogP contribution in [0, 0.1) is 0 Å². The molecule has 1 atom stereocenters. The standard InChI is InChI=1S/C14H18ClF3N2OS/c1-8(21)9(2)22-13(3,4)7-20-12-11(15)5-10(6-19-12)14(16,17)18/h5-6,9H,7H2,1-4H3,(H,19,20)/t9-/m0/s1. The first kappa shape index (κ1) is 19.1. The van der Waals surface area contributed by atoms with Crippen LogP contribution in [-0.4, -0.2) is 27.3 Å². The Bertz CT molecular complexity index is 549. The molecule has 0 aliphatic heterocycles. The summed E-state index contributed by atoms with van der Waals surface area (Å²) in [6.07, 6.45) is -3.73. The number of ketones is 1. The van der Waals surface area contributed by atoms with Gasteiger partial charge in [0.2, 0.25) is 0 Å². The van der Waals surface area contributed by atoms with E-state index in [0.29, 0.717) is 6.54 Å². The summed E-state index contributed by atoms with van der Waals surface area (Å²) in [6.45, 7) is 7.62. The van der Waals surface area contributed by atoms with Gasteiger partial charge in [-0.3, -0.25) is 4.79 Å². The van der Waals surface area contributed by atoms with Crippen LogP contribution in [0.15, 0.2) is 12.3 Å². The van der Waals surface area contributed by atoms with Gasteiger partial charge in [-0.25, -0.2) is 4.98 Å². The van der Waals surface area contributed by atoms with Crippen molar-refractivity contribution in [3.8, 4) is 0 Å². The molecule has 0 saturated carbocycles. The number of aromatic nitrogens is 1. The number of rotatable bonds is 6. The van der Waals surface area contributed by atoms with Crippen LogP contribution in [0.25, 0.3) is 0 Å². The van der Waals surface area contributed by atoms with E-state index in [0.717, 1.165) is 12.3 Å². The number of alkyl halides is 3. The summed E-state index contributed by atoms with van der Waals surface area (Å²) < 4.78 is 37.3. The number of carbonyl (C=O) groups excluding carboxylic acids is 1. The summed E-state index contributed by atoms with van der Waals surface area (Å²) in [5.41, 5.74) is -0.887. The van der Waals surface area contributed by atoms with Gasteiger partial charge in [0.15, 0.2) is 0 Å². The molecule has 1 heterocycles. The van der Waals surface area contributed by atoms with Crippen molar-refractivity contribution in [3.63, 3.8) is 0 Å². The predicted octanol–water partition coefficient (Wildman–Crippen LogP) is 4.66. The first-order valence-electron chi connectivity index (χ1n) is 6.57. The van der Waals surface area contributed by atoms with Crippen molar-refractivity contribution in [3.05, 3.63) is 22.8 Å². The maximum Gasteiger partial charge on any atom is 0.417 e. The second-order valence-electron chi connectivity index (χ2n) is 5.54. The Kier molecular flexibility index (Phi) is 6.15. The van der Waals surface area contributed by atoms with Crippen molar-refractivity contribution >= 4 is 35.0 Å². The van der Waals surface area contributed by atoms with Crippen molar-refractivity contribution in [2.24, 2.45) is 0 Å². The Hall–Kier alpha value is -0.950. The molecule has 8 heteroatoms. The van der Waals surface area contributed by atoms with E-state index in [1.54, 1.807) is 0 Å². The summed E-state index contributed by atoms with van der Waals surface area (Å²) in [5.74, 6) is 0.266.